The molecular formula is C11H14O2. The number of ketones is 2. The highest BCUT2D eigenvalue weighted by Crippen LogP contribution is 2.46. The molecule has 70 valence electrons. The third-order valence-electron chi connectivity index (χ3n) is 3.52. The molecule has 0 saturated heterocycles. The number of Topliss-reactive ketones (excluding diaryl/α,β-unsaturated/α-hetero) is 2. The quantitative estimate of drug-likeness (QED) is 0.528. The first-order valence-corrected chi connectivity index (χ1v) is 4.72. The molecule has 0 aliphatic heterocycles. The molecule has 1 fully saturated rings. The van der Waals surface area contributed by atoms with E-state index in [0.29, 0.717) is 0 Å². The third-order valence-corrected chi connectivity index (χ3v) is 3.52. The maximum absolute atomic E-state index is 11.9. The van der Waals surface area contributed by atoms with Gasteiger partial charge in [0.15, 0.2) is 0 Å². The monoisotopic (exact) mass is 178 g/mol. The van der Waals surface area contributed by atoms with E-state index in [9.17, 15) is 9.59 Å². The standard InChI is InChI=1S/C11H14O2/c1-6-7-4-5-8(9(6)12)11(2,3)10(7)13/h4-8H,1-3H3. The molecule has 0 aromatic rings. The van der Waals surface area contributed by atoms with Crippen molar-refractivity contribution >= 4 is 11.6 Å². The number of hydrogen-bond acceptors (Lipinski definition) is 2. The van der Waals surface area contributed by atoms with Gasteiger partial charge < -0.3 is 0 Å². The van der Waals surface area contributed by atoms with Crippen LogP contribution in [0.3, 0.4) is 0 Å². The fourth-order valence-electron chi connectivity index (χ4n) is 2.45. The number of hydrogen-bond donors (Lipinski definition) is 0. The Morgan fingerprint density at radius 3 is 2.38 bits per heavy atom. The predicted octanol–water partition coefficient (Wildman–Crippen LogP) is 1.60. The number of carbonyl (C=O) groups is 2. The van der Waals surface area contributed by atoms with Crippen molar-refractivity contribution in [1.82, 2.24) is 0 Å². The average Bonchev–Trinajstić information content (AvgIpc) is 2.06. The van der Waals surface area contributed by atoms with Crippen LogP contribution in [0, 0.1) is 23.2 Å². The lowest BCUT2D eigenvalue weighted by Gasteiger charge is -2.44. The summed E-state index contributed by atoms with van der Waals surface area (Å²) in [6.07, 6.45) is 3.82. The molecule has 0 spiro atoms. The van der Waals surface area contributed by atoms with Crippen LogP contribution in [0.2, 0.25) is 0 Å². The van der Waals surface area contributed by atoms with Crippen molar-refractivity contribution in [1.29, 1.82) is 0 Å². The van der Waals surface area contributed by atoms with E-state index in [1.165, 1.54) is 0 Å². The van der Waals surface area contributed by atoms with E-state index in [1.807, 2.05) is 32.9 Å². The van der Waals surface area contributed by atoms with Crippen LogP contribution in [-0.2, 0) is 9.59 Å². The SMILES string of the molecule is CC1C(=O)C2C=CC1C(=O)C2(C)C. The van der Waals surface area contributed by atoms with Crippen LogP contribution in [0.15, 0.2) is 12.2 Å². The molecule has 13 heavy (non-hydrogen) atoms. The van der Waals surface area contributed by atoms with Gasteiger partial charge in [0.2, 0.25) is 0 Å². The van der Waals surface area contributed by atoms with Gasteiger partial charge in [0, 0.05) is 23.2 Å². The Balaban J connectivity index is 2.52. The Morgan fingerprint density at radius 1 is 1.23 bits per heavy atom. The van der Waals surface area contributed by atoms with Crippen LogP contribution in [-0.4, -0.2) is 11.6 Å². The van der Waals surface area contributed by atoms with Crippen LogP contribution in [0.5, 0.6) is 0 Å². The lowest BCUT2D eigenvalue weighted by atomic mass is 9.56. The van der Waals surface area contributed by atoms with Crippen molar-refractivity contribution < 1.29 is 9.59 Å². The van der Waals surface area contributed by atoms with E-state index in [1.54, 1.807) is 0 Å². The molecule has 3 aliphatic rings. The zero-order valence-corrected chi connectivity index (χ0v) is 8.20. The van der Waals surface area contributed by atoms with E-state index in [2.05, 4.69) is 0 Å². The number of allylic oxidation sites excluding steroid dienone is 2. The molecule has 3 unspecified atom stereocenters. The fourth-order valence-corrected chi connectivity index (χ4v) is 2.45. The summed E-state index contributed by atoms with van der Waals surface area (Å²) in [6.45, 7) is 5.61. The van der Waals surface area contributed by atoms with Gasteiger partial charge in [0.05, 0.1) is 0 Å². The minimum absolute atomic E-state index is 0.101. The molecule has 2 nitrogen and oxygen atoms in total. The highest BCUT2D eigenvalue weighted by atomic mass is 16.1. The highest BCUT2D eigenvalue weighted by Gasteiger charge is 2.53. The maximum Gasteiger partial charge on any atom is 0.147 e. The summed E-state index contributed by atoms with van der Waals surface area (Å²) in [5.41, 5.74) is -0.469. The second-order valence-electron chi connectivity index (χ2n) is 4.67. The van der Waals surface area contributed by atoms with E-state index in [4.69, 9.17) is 0 Å². The molecule has 0 heterocycles. The third kappa shape index (κ3) is 0.888. The van der Waals surface area contributed by atoms with E-state index < -0.39 is 5.41 Å². The lowest BCUT2D eigenvalue weighted by Crippen LogP contribution is -2.53. The summed E-state index contributed by atoms with van der Waals surface area (Å²) in [6, 6.07) is 0. The van der Waals surface area contributed by atoms with Crippen molar-refractivity contribution in [3.05, 3.63) is 12.2 Å². The Kier molecular flexibility index (Phi) is 1.54. The summed E-state index contributed by atoms with van der Waals surface area (Å²) in [5, 5.41) is 0. The summed E-state index contributed by atoms with van der Waals surface area (Å²) in [5.74, 6) is 0.0206. The van der Waals surface area contributed by atoms with Gasteiger partial charge in [0.1, 0.15) is 11.6 Å². The molecule has 3 atom stereocenters. The maximum atomic E-state index is 11.9. The Morgan fingerprint density at radius 2 is 1.85 bits per heavy atom. The minimum Gasteiger partial charge on any atom is -0.299 e. The van der Waals surface area contributed by atoms with Crippen LogP contribution in [0.25, 0.3) is 0 Å². The van der Waals surface area contributed by atoms with Crippen molar-refractivity contribution in [2.75, 3.05) is 0 Å². The Labute approximate surface area is 78.0 Å². The normalized spacial score (nSPS) is 41.3. The lowest BCUT2D eigenvalue weighted by molar-refractivity contribution is -0.149. The molecule has 3 rings (SSSR count). The van der Waals surface area contributed by atoms with Gasteiger partial charge in [0.25, 0.3) is 0 Å². The first-order chi connectivity index (χ1) is 5.96. The van der Waals surface area contributed by atoms with Crippen LogP contribution < -0.4 is 0 Å². The molecule has 0 amide bonds. The zero-order chi connectivity index (χ0) is 9.80. The van der Waals surface area contributed by atoms with Gasteiger partial charge >= 0.3 is 0 Å². The first kappa shape index (κ1) is 8.67. The van der Waals surface area contributed by atoms with Gasteiger partial charge in [-0.15, -0.1) is 0 Å². The summed E-state index contributed by atoms with van der Waals surface area (Å²) >= 11 is 0. The molecule has 2 bridgehead atoms. The van der Waals surface area contributed by atoms with Gasteiger partial charge in [-0.2, -0.15) is 0 Å². The Bertz CT molecular complexity index is 312. The van der Waals surface area contributed by atoms with Crippen molar-refractivity contribution in [3.63, 3.8) is 0 Å². The topological polar surface area (TPSA) is 34.1 Å². The molecule has 3 aliphatic carbocycles. The van der Waals surface area contributed by atoms with Gasteiger partial charge in [-0.1, -0.05) is 32.9 Å². The van der Waals surface area contributed by atoms with Crippen LogP contribution >= 0.6 is 0 Å². The summed E-state index contributed by atoms with van der Waals surface area (Å²) in [7, 11) is 0. The second-order valence-corrected chi connectivity index (χ2v) is 4.67. The van der Waals surface area contributed by atoms with Gasteiger partial charge in [-0.25, -0.2) is 0 Å². The van der Waals surface area contributed by atoms with Gasteiger partial charge in [-0.05, 0) is 0 Å². The van der Waals surface area contributed by atoms with Crippen molar-refractivity contribution in [2.24, 2.45) is 23.2 Å². The minimum atomic E-state index is -0.469. The molecule has 0 aromatic carbocycles. The molecule has 0 aromatic heterocycles. The molecule has 1 saturated carbocycles. The van der Waals surface area contributed by atoms with Crippen LogP contribution in [0.4, 0.5) is 0 Å². The number of rotatable bonds is 0. The largest absolute Gasteiger partial charge is 0.299 e. The number of carbonyl (C=O) groups excluding carboxylic acids is 2. The van der Waals surface area contributed by atoms with Gasteiger partial charge in [-0.3, -0.25) is 9.59 Å². The van der Waals surface area contributed by atoms with E-state index >= 15 is 0 Å². The van der Waals surface area contributed by atoms with Crippen LogP contribution in [0.1, 0.15) is 20.8 Å². The zero-order valence-electron chi connectivity index (χ0n) is 8.20. The molecular weight excluding hydrogens is 164 g/mol. The summed E-state index contributed by atoms with van der Waals surface area (Å²) < 4.78 is 0. The fraction of sp³-hybridized carbons (Fsp3) is 0.636. The van der Waals surface area contributed by atoms with Crippen molar-refractivity contribution in [3.8, 4) is 0 Å². The molecule has 2 heteroatoms. The Hall–Kier alpha value is -0.920. The first-order valence-electron chi connectivity index (χ1n) is 4.72. The number of fused-ring (bicyclic) bond motifs is 2. The van der Waals surface area contributed by atoms with Crippen molar-refractivity contribution in [2.45, 2.75) is 20.8 Å². The predicted molar refractivity (Wildman–Crippen MR) is 49.1 cm³/mol. The smallest absolute Gasteiger partial charge is 0.147 e. The summed E-state index contributed by atoms with van der Waals surface area (Å²) in [4.78, 5) is 23.6. The second kappa shape index (κ2) is 2.31. The highest BCUT2D eigenvalue weighted by molar-refractivity contribution is 6.04. The molecule has 0 N–H and O–H groups in total. The average molecular weight is 178 g/mol. The molecule has 0 radical (unpaired) electrons. The van der Waals surface area contributed by atoms with E-state index in [0.717, 1.165) is 0 Å². The van der Waals surface area contributed by atoms with E-state index in [-0.39, 0.29) is 29.3 Å².